The molecular weight excluding hydrogens is 284 g/mol. The first-order valence-electron chi connectivity index (χ1n) is 8.34. The summed E-state index contributed by atoms with van der Waals surface area (Å²) in [4.78, 5) is 3.33. The molecule has 2 aromatic carbocycles. The van der Waals surface area contributed by atoms with E-state index in [1.165, 1.54) is 22.0 Å². The molecule has 0 radical (unpaired) electrons. The van der Waals surface area contributed by atoms with Gasteiger partial charge in [-0.25, -0.2) is 0 Å². The highest BCUT2D eigenvalue weighted by Crippen LogP contribution is 2.18. The fourth-order valence-electron chi connectivity index (χ4n) is 2.76. The van der Waals surface area contributed by atoms with Gasteiger partial charge in [-0.1, -0.05) is 37.3 Å². The number of rotatable bonds is 8. The third-order valence-corrected chi connectivity index (χ3v) is 3.95. The fourth-order valence-corrected chi connectivity index (χ4v) is 2.76. The molecule has 0 saturated heterocycles. The Balaban J connectivity index is 1.50. The van der Waals surface area contributed by atoms with Crippen molar-refractivity contribution in [3.8, 4) is 5.75 Å². The molecule has 1 heterocycles. The highest BCUT2D eigenvalue weighted by Gasteiger charge is 2.02. The van der Waals surface area contributed by atoms with Gasteiger partial charge in [-0.05, 0) is 48.7 Å². The van der Waals surface area contributed by atoms with Gasteiger partial charge in [-0.3, -0.25) is 0 Å². The van der Waals surface area contributed by atoms with Crippen molar-refractivity contribution in [3.05, 3.63) is 65.9 Å². The molecule has 0 saturated carbocycles. The molecule has 120 valence electrons. The van der Waals surface area contributed by atoms with Gasteiger partial charge in [0, 0.05) is 23.6 Å². The summed E-state index contributed by atoms with van der Waals surface area (Å²) in [6, 6.07) is 16.8. The quantitative estimate of drug-likeness (QED) is 0.609. The van der Waals surface area contributed by atoms with Crippen molar-refractivity contribution in [1.29, 1.82) is 0 Å². The summed E-state index contributed by atoms with van der Waals surface area (Å²) in [5.74, 6) is 0.961. The van der Waals surface area contributed by atoms with Crippen LogP contribution in [0.3, 0.4) is 0 Å². The van der Waals surface area contributed by atoms with Gasteiger partial charge < -0.3 is 15.0 Å². The van der Waals surface area contributed by atoms with Gasteiger partial charge in [-0.15, -0.1) is 0 Å². The Labute approximate surface area is 137 Å². The van der Waals surface area contributed by atoms with Crippen LogP contribution < -0.4 is 10.1 Å². The normalized spacial score (nSPS) is 11.0. The maximum atomic E-state index is 5.68. The van der Waals surface area contributed by atoms with Crippen molar-refractivity contribution >= 4 is 10.9 Å². The number of H-pyrrole nitrogens is 1. The third-order valence-electron chi connectivity index (χ3n) is 3.95. The number of hydrogen-bond acceptors (Lipinski definition) is 2. The topological polar surface area (TPSA) is 37.0 Å². The van der Waals surface area contributed by atoms with Crippen molar-refractivity contribution < 1.29 is 4.74 Å². The number of ether oxygens (including phenoxy) is 1. The Bertz CT molecular complexity index is 748. The number of fused-ring (bicyclic) bond motifs is 1. The van der Waals surface area contributed by atoms with Crippen LogP contribution in [0.4, 0.5) is 0 Å². The summed E-state index contributed by atoms with van der Waals surface area (Å²) >= 11 is 0. The second kappa shape index (κ2) is 7.84. The first-order chi connectivity index (χ1) is 11.4. The lowest BCUT2D eigenvalue weighted by atomic mass is 10.1. The third kappa shape index (κ3) is 4.14. The SMILES string of the molecule is CCCOc1cccc(CNCCc2c[nH]c3ccccc23)c1. The Kier molecular flexibility index (Phi) is 5.33. The first-order valence-corrected chi connectivity index (χ1v) is 8.34. The first kappa shape index (κ1) is 15.6. The van der Waals surface area contributed by atoms with Crippen LogP contribution in [0, 0.1) is 0 Å². The average molecular weight is 308 g/mol. The van der Waals surface area contributed by atoms with Crippen LogP contribution in [0.25, 0.3) is 10.9 Å². The number of nitrogens with one attached hydrogen (secondary N) is 2. The Morgan fingerprint density at radius 2 is 2.00 bits per heavy atom. The van der Waals surface area contributed by atoms with Crippen LogP contribution in [-0.4, -0.2) is 18.1 Å². The van der Waals surface area contributed by atoms with Crippen LogP contribution >= 0.6 is 0 Å². The van der Waals surface area contributed by atoms with Crippen LogP contribution in [-0.2, 0) is 13.0 Å². The lowest BCUT2D eigenvalue weighted by Gasteiger charge is -2.08. The van der Waals surface area contributed by atoms with Crippen molar-refractivity contribution in [1.82, 2.24) is 10.3 Å². The van der Waals surface area contributed by atoms with Gasteiger partial charge >= 0.3 is 0 Å². The standard InChI is InChI=1S/C20H24N2O/c1-2-12-23-18-7-5-6-16(13-18)14-21-11-10-17-15-22-20-9-4-3-8-19(17)20/h3-9,13,15,21-22H,2,10-12,14H2,1H3. The number of aromatic amines is 1. The lowest BCUT2D eigenvalue weighted by Crippen LogP contribution is -2.16. The van der Waals surface area contributed by atoms with Gasteiger partial charge in [0.25, 0.3) is 0 Å². The molecule has 0 fully saturated rings. The number of hydrogen-bond donors (Lipinski definition) is 2. The highest BCUT2D eigenvalue weighted by molar-refractivity contribution is 5.83. The average Bonchev–Trinajstić information content (AvgIpc) is 3.01. The molecule has 1 aromatic heterocycles. The largest absolute Gasteiger partial charge is 0.494 e. The summed E-state index contributed by atoms with van der Waals surface area (Å²) < 4.78 is 5.68. The van der Waals surface area contributed by atoms with E-state index >= 15 is 0 Å². The minimum Gasteiger partial charge on any atom is -0.494 e. The molecule has 23 heavy (non-hydrogen) atoms. The van der Waals surface area contributed by atoms with Crippen molar-refractivity contribution in [2.75, 3.05) is 13.2 Å². The van der Waals surface area contributed by atoms with E-state index in [1.54, 1.807) is 0 Å². The fraction of sp³-hybridized carbons (Fsp3) is 0.300. The van der Waals surface area contributed by atoms with Crippen LogP contribution in [0.2, 0.25) is 0 Å². The van der Waals surface area contributed by atoms with E-state index in [4.69, 9.17) is 4.74 Å². The maximum absolute atomic E-state index is 5.68. The van der Waals surface area contributed by atoms with Gasteiger partial charge in [-0.2, -0.15) is 0 Å². The molecule has 3 nitrogen and oxygen atoms in total. The van der Waals surface area contributed by atoms with E-state index < -0.39 is 0 Å². The number of aromatic nitrogens is 1. The molecule has 2 N–H and O–H groups in total. The van der Waals surface area contributed by atoms with Crippen molar-refractivity contribution in [2.24, 2.45) is 0 Å². The second-order valence-corrected chi connectivity index (χ2v) is 5.78. The predicted molar refractivity (Wildman–Crippen MR) is 95.9 cm³/mol. The van der Waals surface area contributed by atoms with Gasteiger partial charge in [0.15, 0.2) is 0 Å². The monoisotopic (exact) mass is 308 g/mol. The Hall–Kier alpha value is -2.26. The lowest BCUT2D eigenvalue weighted by molar-refractivity contribution is 0.317. The van der Waals surface area contributed by atoms with E-state index in [9.17, 15) is 0 Å². The summed E-state index contributed by atoms with van der Waals surface area (Å²) in [5, 5.41) is 4.84. The van der Waals surface area contributed by atoms with Crippen LogP contribution in [0.15, 0.2) is 54.7 Å². The zero-order valence-electron chi connectivity index (χ0n) is 13.6. The Morgan fingerprint density at radius 3 is 2.91 bits per heavy atom. The van der Waals surface area contributed by atoms with E-state index in [1.807, 2.05) is 6.07 Å². The molecule has 3 heteroatoms. The minimum absolute atomic E-state index is 0.775. The van der Waals surface area contributed by atoms with E-state index in [0.717, 1.165) is 38.3 Å². The van der Waals surface area contributed by atoms with Crippen LogP contribution in [0.5, 0.6) is 5.75 Å². The molecule has 0 amide bonds. The predicted octanol–water partition coefficient (Wildman–Crippen LogP) is 4.29. The zero-order valence-corrected chi connectivity index (χ0v) is 13.6. The van der Waals surface area contributed by atoms with E-state index in [0.29, 0.717) is 0 Å². The van der Waals surface area contributed by atoms with Crippen molar-refractivity contribution in [3.63, 3.8) is 0 Å². The van der Waals surface area contributed by atoms with E-state index in [-0.39, 0.29) is 0 Å². The summed E-state index contributed by atoms with van der Waals surface area (Å²) in [5.41, 5.74) is 3.84. The van der Waals surface area contributed by atoms with Gasteiger partial charge in [0.05, 0.1) is 6.61 Å². The van der Waals surface area contributed by atoms with Crippen LogP contribution in [0.1, 0.15) is 24.5 Å². The van der Waals surface area contributed by atoms with E-state index in [2.05, 4.69) is 65.9 Å². The molecule has 0 aliphatic heterocycles. The highest BCUT2D eigenvalue weighted by atomic mass is 16.5. The molecule has 0 spiro atoms. The number of para-hydroxylation sites is 1. The maximum Gasteiger partial charge on any atom is 0.119 e. The summed E-state index contributed by atoms with van der Waals surface area (Å²) in [7, 11) is 0. The number of benzene rings is 2. The van der Waals surface area contributed by atoms with Gasteiger partial charge in [0.1, 0.15) is 5.75 Å². The molecule has 3 aromatic rings. The molecular formula is C20H24N2O. The molecule has 3 rings (SSSR count). The van der Waals surface area contributed by atoms with Gasteiger partial charge in [0.2, 0.25) is 0 Å². The molecule has 0 unspecified atom stereocenters. The van der Waals surface area contributed by atoms with Crippen molar-refractivity contribution in [2.45, 2.75) is 26.3 Å². The smallest absolute Gasteiger partial charge is 0.119 e. The summed E-state index contributed by atoms with van der Waals surface area (Å²) in [6.45, 7) is 4.72. The molecule has 0 atom stereocenters. The molecule has 0 aliphatic carbocycles. The second-order valence-electron chi connectivity index (χ2n) is 5.78. The minimum atomic E-state index is 0.775. The Morgan fingerprint density at radius 1 is 1.09 bits per heavy atom. The zero-order chi connectivity index (χ0) is 15.9. The molecule has 0 aliphatic rings. The molecule has 0 bridgehead atoms. The summed E-state index contributed by atoms with van der Waals surface area (Å²) in [6.07, 6.45) is 4.18.